The summed E-state index contributed by atoms with van der Waals surface area (Å²) in [5.74, 6) is 0. The van der Waals surface area contributed by atoms with Crippen molar-refractivity contribution in [3.63, 3.8) is 0 Å². The first-order valence-corrected chi connectivity index (χ1v) is 7.53. The first kappa shape index (κ1) is 15.2. The van der Waals surface area contributed by atoms with Crippen LogP contribution in [0.3, 0.4) is 0 Å². The molecule has 0 aliphatic heterocycles. The summed E-state index contributed by atoms with van der Waals surface area (Å²) >= 11 is 0. The first-order chi connectivity index (χ1) is 8.60. The molecule has 0 bridgehead atoms. The van der Waals surface area contributed by atoms with Crippen LogP contribution < -0.4 is 10.5 Å². The number of H-pyrrole nitrogens is 1. The third kappa shape index (κ3) is 4.77. The maximum absolute atomic E-state index is 11.8. The molecule has 1 aromatic heterocycles. The Kier molecular flexibility index (Phi) is 6.34. The molecule has 0 radical (unpaired) electrons. The van der Waals surface area contributed by atoms with Gasteiger partial charge in [0.25, 0.3) is 0 Å². The normalized spacial score (nSPS) is 11.9. The fourth-order valence-corrected chi connectivity index (χ4v) is 2.40. The Bertz CT molecular complexity index is 442. The molecular formula is C11H21N3O3S. The molecule has 0 aromatic carbocycles. The summed E-state index contributed by atoms with van der Waals surface area (Å²) in [4.78, 5) is 3.01. The third-order valence-corrected chi connectivity index (χ3v) is 3.87. The predicted molar refractivity (Wildman–Crippen MR) is 69.6 cm³/mol. The Morgan fingerprint density at radius 2 is 2.22 bits per heavy atom. The lowest BCUT2D eigenvalue weighted by molar-refractivity contribution is 0.136. The van der Waals surface area contributed by atoms with Crippen molar-refractivity contribution in [1.29, 1.82) is 0 Å². The number of aromatic nitrogens is 1. The van der Waals surface area contributed by atoms with Crippen molar-refractivity contribution in [3.8, 4) is 0 Å². The highest BCUT2D eigenvalue weighted by atomic mass is 32.2. The third-order valence-electron chi connectivity index (χ3n) is 2.43. The molecule has 0 atom stereocenters. The second kappa shape index (κ2) is 7.52. The van der Waals surface area contributed by atoms with Crippen LogP contribution >= 0.6 is 0 Å². The number of nitrogens with one attached hydrogen (secondary N) is 2. The molecule has 0 spiro atoms. The molecule has 1 aromatic rings. The minimum absolute atomic E-state index is 0.205. The molecule has 1 heterocycles. The molecule has 0 unspecified atom stereocenters. The van der Waals surface area contributed by atoms with Crippen LogP contribution in [0.2, 0.25) is 0 Å². The number of aromatic amines is 1. The number of unbranched alkanes of at least 4 members (excludes halogenated alkanes) is 1. The fraction of sp³-hybridized carbons (Fsp3) is 0.636. The first-order valence-electron chi connectivity index (χ1n) is 6.05. The summed E-state index contributed by atoms with van der Waals surface area (Å²) in [6.45, 7) is 3.69. The second-order valence-corrected chi connectivity index (χ2v) is 5.70. The lowest BCUT2D eigenvalue weighted by Gasteiger charge is -2.05. The van der Waals surface area contributed by atoms with Gasteiger partial charge in [-0.15, -0.1) is 0 Å². The van der Waals surface area contributed by atoms with Crippen LogP contribution in [0.15, 0.2) is 17.2 Å². The number of hydrogen-bond acceptors (Lipinski definition) is 4. The van der Waals surface area contributed by atoms with Crippen molar-refractivity contribution in [2.24, 2.45) is 5.73 Å². The van der Waals surface area contributed by atoms with Crippen LogP contribution in [0.25, 0.3) is 0 Å². The van der Waals surface area contributed by atoms with Crippen LogP contribution in [0.5, 0.6) is 0 Å². The van der Waals surface area contributed by atoms with Gasteiger partial charge in [0, 0.05) is 31.6 Å². The van der Waals surface area contributed by atoms with E-state index in [2.05, 4.69) is 16.6 Å². The zero-order valence-corrected chi connectivity index (χ0v) is 11.4. The molecule has 1 rings (SSSR count). The summed E-state index contributed by atoms with van der Waals surface area (Å²) in [7, 11) is -3.46. The molecule has 0 aliphatic rings. The van der Waals surface area contributed by atoms with Gasteiger partial charge in [0.2, 0.25) is 10.0 Å². The highest BCUT2D eigenvalue weighted by molar-refractivity contribution is 7.89. The van der Waals surface area contributed by atoms with Crippen molar-refractivity contribution < 1.29 is 13.2 Å². The summed E-state index contributed by atoms with van der Waals surface area (Å²) in [5, 5.41) is 0. The Morgan fingerprint density at radius 3 is 2.83 bits per heavy atom. The zero-order chi connectivity index (χ0) is 13.4. The molecule has 0 amide bonds. The van der Waals surface area contributed by atoms with E-state index in [1.165, 1.54) is 12.3 Å². The van der Waals surface area contributed by atoms with Crippen molar-refractivity contribution >= 4 is 10.0 Å². The van der Waals surface area contributed by atoms with Gasteiger partial charge in [0.15, 0.2) is 0 Å². The zero-order valence-electron chi connectivity index (χ0n) is 10.6. The van der Waals surface area contributed by atoms with Gasteiger partial charge in [-0.2, -0.15) is 0 Å². The largest absolute Gasteiger partial charge is 0.380 e. The van der Waals surface area contributed by atoms with E-state index in [4.69, 9.17) is 10.5 Å². The highest BCUT2D eigenvalue weighted by Crippen LogP contribution is 2.09. The van der Waals surface area contributed by atoms with E-state index in [0.29, 0.717) is 18.9 Å². The summed E-state index contributed by atoms with van der Waals surface area (Å²) in [6, 6.07) is 1.53. The molecule has 7 heteroatoms. The standard InChI is InChI=1S/C11H21N3O3S/c1-2-3-5-17-6-4-14-18(15,16)11-7-10(8-12)13-9-11/h7,9,13-14H,2-6,8,12H2,1H3. The number of nitrogens with two attached hydrogens (primary N) is 1. The smallest absolute Gasteiger partial charge is 0.242 e. The lowest BCUT2D eigenvalue weighted by atomic mass is 10.4. The second-order valence-electron chi connectivity index (χ2n) is 3.93. The van der Waals surface area contributed by atoms with Crippen LogP contribution in [0.1, 0.15) is 25.5 Å². The van der Waals surface area contributed by atoms with E-state index in [1.54, 1.807) is 0 Å². The lowest BCUT2D eigenvalue weighted by Crippen LogP contribution is -2.27. The number of sulfonamides is 1. The SMILES string of the molecule is CCCCOCCNS(=O)(=O)c1c[nH]c(CN)c1. The van der Waals surface area contributed by atoms with Gasteiger partial charge >= 0.3 is 0 Å². The average Bonchev–Trinajstić information content (AvgIpc) is 2.83. The molecule has 0 aliphatic carbocycles. The molecule has 0 saturated heterocycles. The summed E-state index contributed by atoms with van der Waals surface area (Å²) in [5.41, 5.74) is 6.10. The Morgan fingerprint density at radius 1 is 1.44 bits per heavy atom. The van der Waals surface area contributed by atoms with E-state index >= 15 is 0 Å². The van der Waals surface area contributed by atoms with E-state index < -0.39 is 10.0 Å². The van der Waals surface area contributed by atoms with Gasteiger partial charge in [-0.05, 0) is 12.5 Å². The average molecular weight is 275 g/mol. The van der Waals surface area contributed by atoms with E-state index in [0.717, 1.165) is 12.8 Å². The number of hydrogen-bond donors (Lipinski definition) is 3. The van der Waals surface area contributed by atoms with Crippen LogP contribution in [0, 0.1) is 0 Å². The van der Waals surface area contributed by atoms with E-state index in [9.17, 15) is 8.42 Å². The molecular weight excluding hydrogens is 254 g/mol. The van der Waals surface area contributed by atoms with Crippen LogP contribution in [0.4, 0.5) is 0 Å². The van der Waals surface area contributed by atoms with Crippen molar-refractivity contribution in [2.45, 2.75) is 31.2 Å². The molecule has 0 fully saturated rings. The minimum atomic E-state index is -3.46. The van der Waals surface area contributed by atoms with Gasteiger partial charge in [-0.1, -0.05) is 13.3 Å². The molecule has 6 nitrogen and oxygen atoms in total. The van der Waals surface area contributed by atoms with Gasteiger partial charge < -0.3 is 15.5 Å². The molecule has 104 valence electrons. The van der Waals surface area contributed by atoms with Crippen LogP contribution in [-0.4, -0.2) is 33.2 Å². The Balaban J connectivity index is 2.36. The molecule has 0 saturated carbocycles. The quantitative estimate of drug-likeness (QED) is 0.574. The van der Waals surface area contributed by atoms with Gasteiger partial charge in [0.05, 0.1) is 11.5 Å². The van der Waals surface area contributed by atoms with E-state index in [-0.39, 0.29) is 18.0 Å². The van der Waals surface area contributed by atoms with Gasteiger partial charge in [-0.3, -0.25) is 0 Å². The van der Waals surface area contributed by atoms with E-state index in [1.807, 2.05) is 0 Å². The topological polar surface area (TPSA) is 97.2 Å². The molecule has 4 N–H and O–H groups in total. The van der Waals surface area contributed by atoms with Crippen molar-refractivity contribution in [3.05, 3.63) is 18.0 Å². The molecule has 18 heavy (non-hydrogen) atoms. The van der Waals surface area contributed by atoms with Crippen LogP contribution in [-0.2, 0) is 21.3 Å². The fourth-order valence-electron chi connectivity index (χ4n) is 1.37. The number of ether oxygens (including phenoxy) is 1. The summed E-state index contributed by atoms with van der Waals surface area (Å²) < 4.78 is 31.4. The number of rotatable bonds is 9. The Hall–Kier alpha value is -0.890. The summed E-state index contributed by atoms with van der Waals surface area (Å²) in [6.07, 6.45) is 3.49. The highest BCUT2D eigenvalue weighted by Gasteiger charge is 2.14. The van der Waals surface area contributed by atoms with Crippen molar-refractivity contribution in [1.82, 2.24) is 9.71 Å². The maximum Gasteiger partial charge on any atom is 0.242 e. The van der Waals surface area contributed by atoms with Gasteiger partial charge in [0.1, 0.15) is 0 Å². The predicted octanol–water partition coefficient (Wildman–Crippen LogP) is 0.568. The van der Waals surface area contributed by atoms with Crippen molar-refractivity contribution in [2.75, 3.05) is 19.8 Å². The van der Waals surface area contributed by atoms with Gasteiger partial charge in [-0.25, -0.2) is 13.1 Å². The monoisotopic (exact) mass is 275 g/mol. The minimum Gasteiger partial charge on any atom is -0.380 e. The Labute approximate surface area is 108 Å². The maximum atomic E-state index is 11.8.